The Morgan fingerprint density at radius 2 is 1.74 bits per heavy atom. The molecule has 1 aromatic rings. The maximum absolute atomic E-state index is 12.3. The average molecular weight is 274 g/mol. The molecule has 0 spiro atoms. The molecule has 1 rings (SSSR count). The van der Waals surface area contributed by atoms with Crippen molar-refractivity contribution in [3.8, 4) is 0 Å². The number of carbonyl (C=O) groups excluding carboxylic acids is 2. The maximum atomic E-state index is 12.3. The minimum atomic E-state index is -4.49. The Labute approximate surface area is 106 Å². The number of hydrogen-bond acceptors (Lipinski definition) is 4. The van der Waals surface area contributed by atoms with Gasteiger partial charge in [-0.25, -0.2) is 4.79 Å². The van der Waals surface area contributed by atoms with Crippen molar-refractivity contribution in [3.05, 3.63) is 41.5 Å². The normalized spacial score (nSPS) is 12.1. The second kappa shape index (κ2) is 5.55. The first-order valence-corrected chi connectivity index (χ1v) is 4.96. The van der Waals surface area contributed by atoms with Gasteiger partial charge in [0.1, 0.15) is 5.76 Å². The highest BCUT2D eigenvalue weighted by Gasteiger charge is 2.30. The van der Waals surface area contributed by atoms with E-state index in [-0.39, 0.29) is 5.56 Å². The van der Waals surface area contributed by atoms with Crippen molar-refractivity contribution in [2.24, 2.45) is 0 Å². The van der Waals surface area contributed by atoms with E-state index >= 15 is 0 Å². The van der Waals surface area contributed by atoms with Crippen molar-refractivity contribution in [3.63, 3.8) is 0 Å². The van der Waals surface area contributed by atoms with Gasteiger partial charge in [-0.2, -0.15) is 13.2 Å². The van der Waals surface area contributed by atoms with Crippen LogP contribution in [0.25, 0.3) is 5.76 Å². The molecule has 7 heteroatoms. The Morgan fingerprint density at radius 3 is 2.16 bits per heavy atom. The lowest BCUT2D eigenvalue weighted by Crippen LogP contribution is -2.13. The standard InChI is InChI=1S/C12H9F3O4/c1-19-11(18)10(17)6-9(16)7-2-4-8(5-3-7)12(13,14)15/h2-6,16H,1H3/b9-6-. The van der Waals surface area contributed by atoms with E-state index in [1.807, 2.05) is 0 Å². The van der Waals surface area contributed by atoms with Crippen LogP contribution in [0, 0.1) is 0 Å². The van der Waals surface area contributed by atoms with Gasteiger partial charge in [-0.15, -0.1) is 0 Å². The van der Waals surface area contributed by atoms with Crippen LogP contribution in [0.4, 0.5) is 13.2 Å². The highest BCUT2D eigenvalue weighted by atomic mass is 19.4. The van der Waals surface area contributed by atoms with Gasteiger partial charge in [0.2, 0.25) is 0 Å². The third kappa shape index (κ3) is 3.84. The molecule has 4 nitrogen and oxygen atoms in total. The van der Waals surface area contributed by atoms with E-state index < -0.39 is 29.3 Å². The number of carbonyl (C=O) groups is 2. The fraction of sp³-hybridized carbons (Fsp3) is 0.167. The topological polar surface area (TPSA) is 63.6 Å². The lowest BCUT2D eigenvalue weighted by atomic mass is 10.1. The van der Waals surface area contributed by atoms with Gasteiger partial charge >= 0.3 is 12.1 Å². The fourth-order valence-electron chi connectivity index (χ4n) is 1.20. The van der Waals surface area contributed by atoms with Crippen LogP contribution in [0.1, 0.15) is 11.1 Å². The Balaban J connectivity index is 2.96. The third-order valence-corrected chi connectivity index (χ3v) is 2.16. The maximum Gasteiger partial charge on any atom is 0.416 e. The number of alkyl halides is 3. The highest BCUT2D eigenvalue weighted by molar-refractivity contribution is 6.39. The molecule has 1 aromatic carbocycles. The Morgan fingerprint density at radius 1 is 1.21 bits per heavy atom. The molecule has 0 saturated carbocycles. The van der Waals surface area contributed by atoms with E-state index in [0.717, 1.165) is 31.4 Å². The van der Waals surface area contributed by atoms with Crippen molar-refractivity contribution >= 4 is 17.5 Å². The number of ether oxygens (including phenoxy) is 1. The predicted molar refractivity (Wildman–Crippen MR) is 59.1 cm³/mol. The van der Waals surface area contributed by atoms with Gasteiger partial charge in [-0.1, -0.05) is 12.1 Å². The second-order valence-electron chi connectivity index (χ2n) is 3.46. The summed E-state index contributed by atoms with van der Waals surface area (Å²) in [6.45, 7) is 0. The van der Waals surface area contributed by atoms with Gasteiger partial charge in [-0.05, 0) is 12.1 Å². The summed E-state index contributed by atoms with van der Waals surface area (Å²) in [5.41, 5.74) is -0.909. The number of hydrogen-bond donors (Lipinski definition) is 1. The zero-order chi connectivity index (χ0) is 14.6. The smallest absolute Gasteiger partial charge is 0.416 e. The fourth-order valence-corrected chi connectivity index (χ4v) is 1.20. The number of rotatable bonds is 3. The minimum absolute atomic E-state index is 0.0229. The third-order valence-electron chi connectivity index (χ3n) is 2.16. The zero-order valence-corrected chi connectivity index (χ0v) is 9.69. The molecular formula is C12H9F3O4. The summed E-state index contributed by atoms with van der Waals surface area (Å²) in [7, 11) is 0.989. The molecule has 0 amide bonds. The summed E-state index contributed by atoms with van der Waals surface area (Å²) in [6.07, 6.45) is -3.91. The first-order valence-electron chi connectivity index (χ1n) is 4.96. The van der Waals surface area contributed by atoms with E-state index in [2.05, 4.69) is 4.74 Å². The van der Waals surface area contributed by atoms with Gasteiger partial charge in [0.25, 0.3) is 5.78 Å². The number of esters is 1. The van der Waals surface area contributed by atoms with Crippen molar-refractivity contribution in [2.75, 3.05) is 7.11 Å². The van der Waals surface area contributed by atoms with Crippen molar-refractivity contribution in [1.82, 2.24) is 0 Å². The molecule has 102 valence electrons. The van der Waals surface area contributed by atoms with E-state index in [4.69, 9.17) is 0 Å². The number of aliphatic hydroxyl groups excluding tert-OH is 1. The number of ketones is 1. The number of benzene rings is 1. The van der Waals surface area contributed by atoms with E-state index in [1.54, 1.807) is 0 Å². The molecule has 0 atom stereocenters. The molecule has 0 aromatic heterocycles. The number of halogens is 3. The van der Waals surface area contributed by atoms with Crippen molar-refractivity contribution < 1.29 is 32.6 Å². The summed E-state index contributed by atoms with van der Waals surface area (Å²) in [4.78, 5) is 21.9. The Bertz CT molecular complexity index is 515. The van der Waals surface area contributed by atoms with E-state index in [0.29, 0.717) is 6.08 Å². The lowest BCUT2D eigenvalue weighted by molar-refractivity contribution is -0.149. The molecule has 0 aliphatic rings. The quantitative estimate of drug-likeness (QED) is 0.398. The van der Waals surface area contributed by atoms with Gasteiger partial charge in [0.05, 0.1) is 12.7 Å². The molecule has 1 N–H and O–H groups in total. The largest absolute Gasteiger partial charge is 0.507 e. The minimum Gasteiger partial charge on any atom is -0.507 e. The second-order valence-corrected chi connectivity index (χ2v) is 3.46. The molecular weight excluding hydrogens is 265 g/mol. The first-order chi connectivity index (χ1) is 8.75. The Kier molecular flexibility index (Phi) is 4.31. The van der Waals surface area contributed by atoms with Gasteiger partial charge in [0.15, 0.2) is 0 Å². The van der Waals surface area contributed by atoms with Crippen LogP contribution >= 0.6 is 0 Å². The summed E-state index contributed by atoms with van der Waals surface area (Å²) in [6, 6.07) is 3.47. The molecule has 0 unspecified atom stereocenters. The molecule has 0 fully saturated rings. The van der Waals surface area contributed by atoms with Crippen LogP contribution in [-0.4, -0.2) is 24.0 Å². The van der Waals surface area contributed by atoms with Crippen molar-refractivity contribution in [1.29, 1.82) is 0 Å². The summed E-state index contributed by atoms with van der Waals surface area (Å²) in [5.74, 6) is -2.91. The van der Waals surface area contributed by atoms with Gasteiger partial charge in [-0.3, -0.25) is 4.79 Å². The monoisotopic (exact) mass is 274 g/mol. The SMILES string of the molecule is COC(=O)C(=O)/C=C(\O)c1ccc(C(F)(F)F)cc1. The van der Waals surface area contributed by atoms with Gasteiger partial charge < -0.3 is 9.84 Å². The first kappa shape index (κ1) is 14.7. The summed E-state index contributed by atoms with van der Waals surface area (Å²) >= 11 is 0. The predicted octanol–water partition coefficient (Wildman–Crippen LogP) is 2.35. The lowest BCUT2D eigenvalue weighted by Gasteiger charge is -2.07. The summed E-state index contributed by atoms with van der Waals surface area (Å²) < 4.78 is 41.0. The number of aliphatic hydroxyl groups is 1. The van der Waals surface area contributed by atoms with Crippen LogP contribution in [0.15, 0.2) is 30.3 Å². The summed E-state index contributed by atoms with van der Waals surface area (Å²) in [5, 5.41) is 9.48. The molecule has 19 heavy (non-hydrogen) atoms. The zero-order valence-electron chi connectivity index (χ0n) is 9.69. The highest BCUT2D eigenvalue weighted by Crippen LogP contribution is 2.29. The molecule has 0 radical (unpaired) electrons. The van der Waals surface area contributed by atoms with Crippen LogP contribution in [0.3, 0.4) is 0 Å². The van der Waals surface area contributed by atoms with Crippen molar-refractivity contribution in [2.45, 2.75) is 6.18 Å². The van der Waals surface area contributed by atoms with Crippen LogP contribution in [-0.2, 0) is 20.5 Å². The molecule has 0 bridgehead atoms. The van der Waals surface area contributed by atoms with E-state index in [1.165, 1.54) is 0 Å². The number of methoxy groups -OCH3 is 1. The van der Waals surface area contributed by atoms with E-state index in [9.17, 15) is 27.9 Å². The van der Waals surface area contributed by atoms with Crippen LogP contribution < -0.4 is 0 Å². The van der Waals surface area contributed by atoms with Crippen LogP contribution in [0.2, 0.25) is 0 Å². The molecule has 0 heterocycles. The van der Waals surface area contributed by atoms with Gasteiger partial charge in [0, 0.05) is 11.6 Å². The Hall–Kier alpha value is -2.31. The molecule has 0 saturated heterocycles. The molecule has 0 aliphatic carbocycles. The average Bonchev–Trinajstić information content (AvgIpc) is 2.36. The molecule has 0 aliphatic heterocycles. The van der Waals surface area contributed by atoms with Crippen LogP contribution in [0.5, 0.6) is 0 Å².